The predicted molar refractivity (Wildman–Crippen MR) is 95.9 cm³/mol. The van der Waals surface area contributed by atoms with Gasteiger partial charge in [-0.1, -0.05) is 15.9 Å². The molecule has 8 heteroatoms. The molecule has 0 saturated heterocycles. The third kappa shape index (κ3) is 3.68. The van der Waals surface area contributed by atoms with E-state index in [-0.39, 0.29) is 17.9 Å². The molecule has 2 aromatic carbocycles. The Morgan fingerprint density at radius 1 is 1.19 bits per heavy atom. The number of carboxylic acids is 1. The van der Waals surface area contributed by atoms with Crippen LogP contribution in [0.1, 0.15) is 15.9 Å². The van der Waals surface area contributed by atoms with Crippen LogP contribution in [0.5, 0.6) is 11.5 Å². The number of nitrogens with zero attached hydrogens (tertiary/aromatic N) is 1. The van der Waals surface area contributed by atoms with E-state index < -0.39 is 11.9 Å². The predicted octanol–water partition coefficient (Wildman–Crippen LogP) is 3.42. The van der Waals surface area contributed by atoms with Crippen molar-refractivity contribution < 1.29 is 24.2 Å². The standard InChI is InChI=1S/C18H11BrN2O5/c19-14-7-16-15(25-9-26-16)6-11(14)5-12(8-20)17(22)21-13-3-1-10(2-4-13)18(23)24/h1-7H,9H2,(H,21,22)(H,23,24)/b12-5+. The summed E-state index contributed by atoms with van der Waals surface area (Å²) in [5.74, 6) is -0.565. The van der Waals surface area contributed by atoms with Crippen LogP contribution in [0.4, 0.5) is 5.69 Å². The molecule has 0 radical (unpaired) electrons. The number of hydrogen-bond donors (Lipinski definition) is 2. The van der Waals surface area contributed by atoms with Gasteiger partial charge in [0.25, 0.3) is 5.91 Å². The van der Waals surface area contributed by atoms with Crippen molar-refractivity contribution in [2.75, 3.05) is 12.1 Å². The average Bonchev–Trinajstić information content (AvgIpc) is 3.06. The number of rotatable bonds is 4. The Morgan fingerprint density at radius 3 is 2.46 bits per heavy atom. The Labute approximate surface area is 156 Å². The van der Waals surface area contributed by atoms with E-state index in [1.807, 2.05) is 6.07 Å². The van der Waals surface area contributed by atoms with Gasteiger partial charge in [0.15, 0.2) is 11.5 Å². The number of hydrogen-bond acceptors (Lipinski definition) is 5. The normalized spacial score (nSPS) is 12.4. The summed E-state index contributed by atoms with van der Waals surface area (Å²) in [4.78, 5) is 23.2. The van der Waals surface area contributed by atoms with Crippen LogP contribution < -0.4 is 14.8 Å². The number of fused-ring (bicyclic) bond motifs is 1. The van der Waals surface area contributed by atoms with E-state index in [2.05, 4.69) is 21.2 Å². The zero-order valence-corrected chi connectivity index (χ0v) is 14.7. The van der Waals surface area contributed by atoms with Gasteiger partial charge in [0.1, 0.15) is 11.6 Å². The number of benzene rings is 2. The van der Waals surface area contributed by atoms with Crippen molar-refractivity contribution in [1.29, 1.82) is 5.26 Å². The fourth-order valence-corrected chi connectivity index (χ4v) is 2.68. The molecule has 0 atom stereocenters. The third-order valence-corrected chi connectivity index (χ3v) is 4.23. The molecule has 2 aromatic rings. The average molecular weight is 415 g/mol. The molecule has 1 aliphatic rings. The highest BCUT2D eigenvalue weighted by Gasteiger charge is 2.17. The van der Waals surface area contributed by atoms with Gasteiger partial charge in [-0.05, 0) is 48.0 Å². The number of ether oxygens (including phenoxy) is 2. The van der Waals surface area contributed by atoms with Gasteiger partial charge < -0.3 is 19.9 Å². The molecule has 1 amide bonds. The Morgan fingerprint density at radius 2 is 1.85 bits per heavy atom. The first-order chi connectivity index (χ1) is 12.5. The SMILES string of the molecule is N#C/C(=C\c1cc2c(cc1Br)OCO2)C(=O)Nc1ccc(C(=O)O)cc1. The van der Waals surface area contributed by atoms with E-state index in [4.69, 9.17) is 14.6 Å². The van der Waals surface area contributed by atoms with E-state index in [9.17, 15) is 14.9 Å². The summed E-state index contributed by atoms with van der Waals surface area (Å²) < 4.78 is 11.2. The van der Waals surface area contributed by atoms with Crippen LogP contribution in [0.3, 0.4) is 0 Å². The summed E-state index contributed by atoms with van der Waals surface area (Å²) in [6.45, 7) is 0.118. The molecule has 130 valence electrons. The number of anilines is 1. The Kier molecular flexibility index (Phi) is 4.91. The summed E-state index contributed by atoms with van der Waals surface area (Å²) in [5.41, 5.74) is 0.947. The van der Waals surface area contributed by atoms with Crippen LogP contribution in [0.15, 0.2) is 46.4 Å². The first-order valence-corrected chi connectivity index (χ1v) is 8.13. The Balaban J connectivity index is 1.82. The molecule has 26 heavy (non-hydrogen) atoms. The fourth-order valence-electron chi connectivity index (χ4n) is 2.24. The monoisotopic (exact) mass is 414 g/mol. The van der Waals surface area contributed by atoms with E-state index in [1.165, 1.54) is 30.3 Å². The minimum absolute atomic E-state index is 0.100. The highest BCUT2D eigenvalue weighted by Crippen LogP contribution is 2.37. The van der Waals surface area contributed by atoms with Gasteiger partial charge >= 0.3 is 5.97 Å². The number of nitrogens with one attached hydrogen (secondary N) is 1. The summed E-state index contributed by atoms with van der Waals surface area (Å²) in [5, 5.41) is 20.7. The molecule has 0 saturated carbocycles. The zero-order chi connectivity index (χ0) is 18.7. The molecular weight excluding hydrogens is 404 g/mol. The Hall–Kier alpha value is -3.31. The molecule has 0 fully saturated rings. The maximum Gasteiger partial charge on any atom is 0.335 e. The fraction of sp³-hybridized carbons (Fsp3) is 0.0556. The lowest BCUT2D eigenvalue weighted by Gasteiger charge is -2.06. The summed E-state index contributed by atoms with van der Waals surface area (Å²) in [6, 6.07) is 10.9. The molecule has 0 unspecified atom stereocenters. The van der Waals surface area contributed by atoms with Crippen LogP contribution in [-0.2, 0) is 4.79 Å². The molecule has 2 N–H and O–H groups in total. The van der Waals surface area contributed by atoms with E-state index in [0.29, 0.717) is 27.2 Å². The third-order valence-electron chi connectivity index (χ3n) is 3.55. The molecule has 3 rings (SSSR count). The van der Waals surface area contributed by atoms with Gasteiger partial charge in [-0.2, -0.15) is 5.26 Å². The van der Waals surface area contributed by atoms with Gasteiger partial charge in [0.2, 0.25) is 6.79 Å². The van der Waals surface area contributed by atoms with Crippen LogP contribution in [0.2, 0.25) is 0 Å². The molecule has 7 nitrogen and oxygen atoms in total. The maximum absolute atomic E-state index is 12.3. The number of halogens is 1. The second-order valence-corrected chi connectivity index (χ2v) is 6.09. The van der Waals surface area contributed by atoms with Crippen molar-refractivity contribution >= 4 is 39.6 Å². The number of carbonyl (C=O) groups excluding carboxylic acids is 1. The first-order valence-electron chi connectivity index (χ1n) is 7.33. The van der Waals surface area contributed by atoms with Gasteiger partial charge in [-0.25, -0.2) is 4.79 Å². The highest BCUT2D eigenvalue weighted by molar-refractivity contribution is 9.10. The molecule has 1 heterocycles. The van der Waals surface area contributed by atoms with Crippen molar-refractivity contribution in [1.82, 2.24) is 0 Å². The Bertz CT molecular complexity index is 961. The van der Waals surface area contributed by atoms with Crippen LogP contribution in [-0.4, -0.2) is 23.8 Å². The quantitative estimate of drug-likeness (QED) is 0.585. The maximum atomic E-state index is 12.3. The van der Waals surface area contributed by atoms with Crippen LogP contribution in [0.25, 0.3) is 6.08 Å². The summed E-state index contributed by atoms with van der Waals surface area (Å²) in [6.07, 6.45) is 1.42. The minimum Gasteiger partial charge on any atom is -0.478 e. The molecule has 0 bridgehead atoms. The smallest absolute Gasteiger partial charge is 0.335 e. The zero-order valence-electron chi connectivity index (χ0n) is 13.2. The summed E-state index contributed by atoms with van der Waals surface area (Å²) >= 11 is 3.37. The second kappa shape index (κ2) is 7.29. The van der Waals surface area contributed by atoms with E-state index in [0.717, 1.165) is 0 Å². The van der Waals surface area contributed by atoms with Crippen LogP contribution in [0, 0.1) is 11.3 Å². The minimum atomic E-state index is -1.06. The van der Waals surface area contributed by atoms with E-state index >= 15 is 0 Å². The molecular formula is C18H11BrN2O5. The van der Waals surface area contributed by atoms with Crippen molar-refractivity contribution in [2.45, 2.75) is 0 Å². The van der Waals surface area contributed by atoms with E-state index in [1.54, 1.807) is 12.1 Å². The van der Waals surface area contributed by atoms with Crippen LogP contribution >= 0.6 is 15.9 Å². The van der Waals surface area contributed by atoms with Gasteiger partial charge in [-0.3, -0.25) is 4.79 Å². The van der Waals surface area contributed by atoms with Gasteiger partial charge in [0, 0.05) is 10.2 Å². The molecule has 1 aliphatic heterocycles. The summed E-state index contributed by atoms with van der Waals surface area (Å²) in [7, 11) is 0. The number of nitriles is 1. The van der Waals surface area contributed by atoms with Crippen molar-refractivity contribution in [3.8, 4) is 17.6 Å². The molecule has 0 spiro atoms. The number of amides is 1. The topological polar surface area (TPSA) is 109 Å². The molecule has 0 aliphatic carbocycles. The molecule has 0 aromatic heterocycles. The number of carboxylic acid groups (broad SMARTS) is 1. The highest BCUT2D eigenvalue weighted by atomic mass is 79.9. The van der Waals surface area contributed by atoms with Crippen molar-refractivity contribution in [3.05, 3.63) is 57.6 Å². The lowest BCUT2D eigenvalue weighted by atomic mass is 10.1. The lowest BCUT2D eigenvalue weighted by Crippen LogP contribution is -2.13. The van der Waals surface area contributed by atoms with Crippen molar-refractivity contribution in [2.24, 2.45) is 0 Å². The number of aromatic carboxylic acids is 1. The lowest BCUT2D eigenvalue weighted by molar-refractivity contribution is -0.112. The van der Waals surface area contributed by atoms with Gasteiger partial charge in [-0.15, -0.1) is 0 Å². The van der Waals surface area contributed by atoms with Crippen molar-refractivity contribution in [3.63, 3.8) is 0 Å². The second-order valence-electron chi connectivity index (χ2n) is 5.23. The largest absolute Gasteiger partial charge is 0.478 e. The number of carbonyl (C=O) groups is 2. The van der Waals surface area contributed by atoms with Gasteiger partial charge in [0.05, 0.1) is 5.56 Å². The first kappa shape index (κ1) is 17.5.